The molecule has 2 rings (SSSR count). The summed E-state index contributed by atoms with van der Waals surface area (Å²) in [5.74, 6) is 2.13. The van der Waals surface area contributed by atoms with E-state index in [0.717, 1.165) is 26.1 Å². The molecule has 0 unspecified atom stereocenters. The van der Waals surface area contributed by atoms with E-state index in [1.807, 2.05) is 13.8 Å². The van der Waals surface area contributed by atoms with Crippen molar-refractivity contribution in [3.8, 4) is 0 Å². The molecule has 1 saturated carbocycles. The Morgan fingerprint density at radius 2 is 1.20 bits per heavy atom. The number of nitrogens with zero attached hydrogens (tertiary/aromatic N) is 1. The Morgan fingerprint density at radius 1 is 0.867 bits per heavy atom. The molecule has 0 aromatic carbocycles. The van der Waals surface area contributed by atoms with E-state index in [-0.39, 0.29) is 0 Å². The van der Waals surface area contributed by atoms with Crippen LogP contribution >= 0.6 is 0 Å². The maximum absolute atomic E-state index is 7.00. The lowest BCUT2D eigenvalue weighted by molar-refractivity contribution is 0.203. The van der Waals surface area contributed by atoms with Gasteiger partial charge in [0.05, 0.1) is 0 Å². The van der Waals surface area contributed by atoms with Gasteiger partial charge in [-0.25, -0.2) is 0 Å². The molecule has 1 heterocycles. The van der Waals surface area contributed by atoms with Gasteiger partial charge in [-0.1, -0.05) is 13.8 Å². The van der Waals surface area contributed by atoms with Gasteiger partial charge in [0.25, 0.3) is 0 Å². The van der Waals surface area contributed by atoms with Crippen molar-refractivity contribution in [3.63, 3.8) is 0 Å². The van der Waals surface area contributed by atoms with Crippen molar-refractivity contribution in [2.45, 2.75) is 33.1 Å². The minimum Gasteiger partial charge on any atom is -0.400 e. The molecule has 1 saturated heterocycles. The number of fused-ring (bicyclic) bond motifs is 2. The molecule has 3 nitrogen and oxygen atoms in total. The maximum Gasteiger partial charge on any atom is 0.0319 e. The summed E-state index contributed by atoms with van der Waals surface area (Å²) in [5.41, 5.74) is 0. The monoisotopic (exact) mass is 219 g/mol. The number of likely N-dealkylation sites (tertiary alicyclic amines) is 1. The van der Waals surface area contributed by atoms with Crippen LogP contribution in [0.25, 0.3) is 0 Å². The predicted molar refractivity (Wildman–Crippen MR) is 66.0 cm³/mol. The second kappa shape index (κ2) is 12.0. The normalized spacial score (nSPS) is 27.4. The van der Waals surface area contributed by atoms with Crippen LogP contribution in [0.1, 0.15) is 33.1 Å². The van der Waals surface area contributed by atoms with Crippen LogP contribution in [0.15, 0.2) is 0 Å². The number of piperidine rings is 1. The summed E-state index contributed by atoms with van der Waals surface area (Å²) >= 11 is 0. The molecule has 2 bridgehead atoms. The molecule has 0 radical (unpaired) electrons. The van der Waals surface area contributed by atoms with Crippen LogP contribution in [0, 0.1) is 11.8 Å². The van der Waals surface area contributed by atoms with Crippen LogP contribution in [0.4, 0.5) is 0 Å². The van der Waals surface area contributed by atoms with E-state index in [1.54, 1.807) is 0 Å². The quantitative estimate of drug-likeness (QED) is 0.650. The summed E-state index contributed by atoms with van der Waals surface area (Å²) in [7, 11) is 4.25. The molecule has 3 heteroatoms. The van der Waals surface area contributed by atoms with Crippen molar-refractivity contribution in [1.82, 2.24) is 4.90 Å². The summed E-state index contributed by atoms with van der Waals surface area (Å²) in [6.07, 6.45) is 4.55. The molecule has 0 aromatic rings. The lowest BCUT2D eigenvalue weighted by Gasteiger charge is -2.27. The first-order chi connectivity index (χ1) is 7.34. The highest BCUT2D eigenvalue weighted by molar-refractivity contribution is 4.83. The van der Waals surface area contributed by atoms with Crippen molar-refractivity contribution in [3.05, 3.63) is 0 Å². The highest BCUT2D eigenvalue weighted by Crippen LogP contribution is 2.35. The fourth-order valence-corrected chi connectivity index (χ4v) is 2.47. The average molecular weight is 219 g/mol. The van der Waals surface area contributed by atoms with Gasteiger partial charge in [0.1, 0.15) is 0 Å². The molecule has 94 valence electrons. The van der Waals surface area contributed by atoms with Gasteiger partial charge in [-0.15, -0.1) is 0 Å². The molecule has 15 heavy (non-hydrogen) atoms. The molecule has 2 N–H and O–H groups in total. The third-order valence-electron chi connectivity index (χ3n) is 2.79. The topological polar surface area (TPSA) is 43.7 Å². The Bertz CT molecular complexity index is 108. The first-order valence-corrected chi connectivity index (χ1v) is 5.92. The second-order valence-electron chi connectivity index (χ2n) is 3.77. The van der Waals surface area contributed by atoms with Gasteiger partial charge in [0.15, 0.2) is 0 Å². The molecule has 0 spiro atoms. The third-order valence-corrected chi connectivity index (χ3v) is 2.79. The SMILES string of the molecule is CC.CN1C[C@@H]2CC[C@@H](C2)C1.CO.CO. The van der Waals surface area contributed by atoms with E-state index in [4.69, 9.17) is 10.2 Å². The van der Waals surface area contributed by atoms with E-state index in [0.29, 0.717) is 0 Å². The minimum absolute atomic E-state index is 1.00. The Balaban J connectivity index is 0. The molecule has 0 aromatic heterocycles. The summed E-state index contributed by atoms with van der Waals surface area (Å²) in [5, 5.41) is 14.0. The Hall–Kier alpha value is -0.120. The fraction of sp³-hybridized carbons (Fsp3) is 1.00. The molecule has 0 amide bonds. The Labute approximate surface area is 95.1 Å². The zero-order valence-electron chi connectivity index (χ0n) is 11.0. The van der Waals surface area contributed by atoms with Crippen LogP contribution in [0.5, 0.6) is 0 Å². The molecule has 2 fully saturated rings. The van der Waals surface area contributed by atoms with Crippen LogP contribution < -0.4 is 0 Å². The van der Waals surface area contributed by atoms with E-state index >= 15 is 0 Å². The number of hydrogen-bond donors (Lipinski definition) is 2. The summed E-state index contributed by atoms with van der Waals surface area (Å²) in [6, 6.07) is 0. The first kappa shape index (κ1) is 17.3. The van der Waals surface area contributed by atoms with Crippen LogP contribution in [-0.4, -0.2) is 49.5 Å². The molecular formula is C12H29NO2. The van der Waals surface area contributed by atoms with Gasteiger partial charge in [-0.05, 0) is 38.1 Å². The van der Waals surface area contributed by atoms with Gasteiger partial charge >= 0.3 is 0 Å². The molecule has 1 aliphatic heterocycles. The number of hydrogen-bond acceptors (Lipinski definition) is 3. The zero-order chi connectivity index (χ0) is 12.3. The van der Waals surface area contributed by atoms with E-state index < -0.39 is 0 Å². The van der Waals surface area contributed by atoms with Gasteiger partial charge in [0.2, 0.25) is 0 Å². The number of rotatable bonds is 0. The van der Waals surface area contributed by atoms with Crippen molar-refractivity contribution < 1.29 is 10.2 Å². The van der Waals surface area contributed by atoms with Crippen LogP contribution in [0.2, 0.25) is 0 Å². The minimum atomic E-state index is 1.00. The summed E-state index contributed by atoms with van der Waals surface area (Å²) in [6.45, 7) is 6.74. The summed E-state index contributed by atoms with van der Waals surface area (Å²) < 4.78 is 0. The van der Waals surface area contributed by atoms with Gasteiger partial charge in [0, 0.05) is 27.3 Å². The average Bonchev–Trinajstić information content (AvgIpc) is 2.67. The van der Waals surface area contributed by atoms with Crippen molar-refractivity contribution in [2.75, 3.05) is 34.4 Å². The van der Waals surface area contributed by atoms with Crippen LogP contribution in [-0.2, 0) is 0 Å². The molecule has 1 aliphatic carbocycles. The standard InChI is InChI=1S/C8H15N.C2H6.2CH4O/c1-9-5-7-2-3-8(4-7)6-9;3*1-2/h7-8H,2-6H2,1H3;1-2H3;2*2H,1H3/t7-,8+;;;. The maximum atomic E-state index is 7.00. The number of aliphatic hydroxyl groups is 2. The lowest BCUT2D eigenvalue weighted by Crippen LogP contribution is -2.32. The first-order valence-electron chi connectivity index (χ1n) is 5.92. The highest BCUT2D eigenvalue weighted by Gasteiger charge is 2.30. The fourth-order valence-electron chi connectivity index (χ4n) is 2.47. The van der Waals surface area contributed by atoms with E-state index in [2.05, 4.69) is 11.9 Å². The van der Waals surface area contributed by atoms with Crippen molar-refractivity contribution >= 4 is 0 Å². The van der Waals surface area contributed by atoms with Crippen molar-refractivity contribution in [2.24, 2.45) is 11.8 Å². The second-order valence-corrected chi connectivity index (χ2v) is 3.77. The third kappa shape index (κ3) is 6.88. The van der Waals surface area contributed by atoms with Gasteiger partial charge in [-0.2, -0.15) is 0 Å². The lowest BCUT2D eigenvalue weighted by atomic mass is 10.00. The smallest absolute Gasteiger partial charge is 0.0319 e. The largest absolute Gasteiger partial charge is 0.400 e. The zero-order valence-corrected chi connectivity index (χ0v) is 11.0. The van der Waals surface area contributed by atoms with Crippen LogP contribution in [0.3, 0.4) is 0 Å². The number of aliphatic hydroxyl groups excluding tert-OH is 2. The summed E-state index contributed by atoms with van der Waals surface area (Å²) in [4.78, 5) is 2.49. The Morgan fingerprint density at radius 3 is 1.53 bits per heavy atom. The highest BCUT2D eigenvalue weighted by atomic mass is 16.2. The van der Waals surface area contributed by atoms with Crippen molar-refractivity contribution in [1.29, 1.82) is 0 Å². The van der Waals surface area contributed by atoms with E-state index in [1.165, 1.54) is 32.4 Å². The molecular weight excluding hydrogens is 190 g/mol. The van der Waals surface area contributed by atoms with E-state index in [9.17, 15) is 0 Å². The Kier molecular flexibility index (Phi) is 13.8. The predicted octanol–water partition coefficient (Wildman–Crippen LogP) is 1.59. The van der Waals surface area contributed by atoms with Gasteiger partial charge < -0.3 is 15.1 Å². The molecule has 2 aliphatic rings. The van der Waals surface area contributed by atoms with Gasteiger partial charge in [-0.3, -0.25) is 0 Å². The molecule has 2 atom stereocenters.